The van der Waals surface area contributed by atoms with Crippen molar-refractivity contribution >= 4 is 39.7 Å². The molecule has 0 saturated carbocycles. The molecule has 1 aliphatic heterocycles. The van der Waals surface area contributed by atoms with Crippen molar-refractivity contribution < 1.29 is 28.1 Å². The summed E-state index contributed by atoms with van der Waals surface area (Å²) in [6.07, 6.45) is 3.86. The van der Waals surface area contributed by atoms with E-state index in [0.29, 0.717) is 28.3 Å². The second kappa shape index (κ2) is 9.74. The van der Waals surface area contributed by atoms with Crippen molar-refractivity contribution in [3.8, 4) is 5.75 Å². The maximum atomic E-state index is 13.5. The van der Waals surface area contributed by atoms with Crippen molar-refractivity contribution in [2.75, 3.05) is 23.5 Å². The molecule has 0 bridgehead atoms. The van der Waals surface area contributed by atoms with Gasteiger partial charge in [0.2, 0.25) is 5.83 Å². The molecule has 0 atom stereocenters. The normalized spacial score (nSPS) is 18.4. The largest absolute Gasteiger partial charge is 0.476 e. The van der Waals surface area contributed by atoms with Gasteiger partial charge in [0.05, 0.1) is 15.5 Å². The molecular formula is C23H28FNO5S2. The van der Waals surface area contributed by atoms with Crippen molar-refractivity contribution in [3.05, 3.63) is 54.6 Å². The second-order valence-corrected chi connectivity index (χ2v) is 10.7. The minimum Gasteiger partial charge on any atom is -0.476 e. The number of carbonyl (C=O) groups is 1. The summed E-state index contributed by atoms with van der Waals surface area (Å²) in [7, 11) is -3.22. The first-order valence-corrected chi connectivity index (χ1v) is 13.2. The topological polar surface area (TPSA) is 90.2 Å². The molecule has 9 heteroatoms. The summed E-state index contributed by atoms with van der Waals surface area (Å²) < 4.78 is 41.4. The SMILES string of the molecule is CCC1(CC)CN(c2ccccc2)c2cc(SC)c(OC=C(F)C(=O)O)cc2S(O)(O)C1. The summed E-state index contributed by atoms with van der Waals surface area (Å²) in [6, 6.07) is 13.0. The van der Waals surface area contributed by atoms with Gasteiger partial charge in [0.15, 0.2) is 0 Å². The summed E-state index contributed by atoms with van der Waals surface area (Å²) in [5.41, 5.74) is 1.25. The standard InChI is InChI=1S/C23H28FNO5S2/c1-4-23(5-2)14-25(16-9-7-6-8-10-16)18-11-20(31-3)19(30-13-17(24)22(26)27)12-21(18)32(28,29)15-23/h6-13,28-29H,4-5,14-15H2,1-3H3,(H,26,27). The van der Waals surface area contributed by atoms with E-state index < -0.39 is 22.4 Å². The maximum absolute atomic E-state index is 13.5. The molecular weight excluding hydrogens is 453 g/mol. The van der Waals surface area contributed by atoms with Gasteiger partial charge in [-0.1, -0.05) is 32.0 Å². The van der Waals surface area contributed by atoms with E-state index in [0.717, 1.165) is 18.5 Å². The number of para-hydroxylation sites is 1. The van der Waals surface area contributed by atoms with E-state index in [1.165, 1.54) is 17.8 Å². The van der Waals surface area contributed by atoms with Crippen LogP contribution in [0.3, 0.4) is 0 Å². The van der Waals surface area contributed by atoms with Gasteiger partial charge in [0, 0.05) is 29.5 Å². The molecule has 3 N–H and O–H groups in total. The summed E-state index contributed by atoms with van der Waals surface area (Å²) in [4.78, 5) is 13.8. The lowest BCUT2D eigenvalue weighted by Crippen LogP contribution is -2.36. The summed E-state index contributed by atoms with van der Waals surface area (Å²) in [6.45, 7) is 4.72. The van der Waals surface area contributed by atoms with E-state index in [2.05, 4.69) is 18.7 Å². The fraction of sp³-hybridized carbons (Fsp3) is 0.348. The van der Waals surface area contributed by atoms with Gasteiger partial charge < -0.3 is 14.7 Å². The first-order valence-electron chi connectivity index (χ1n) is 10.2. The molecule has 0 aromatic heterocycles. The van der Waals surface area contributed by atoms with Crippen LogP contribution in [0.4, 0.5) is 15.8 Å². The lowest BCUT2D eigenvalue weighted by Gasteiger charge is -2.40. The molecule has 3 rings (SSSR count). The number of nitrogens with zero attached hydrogens (tertiary/aromatic N) is 1. The number of carboxylic acids is 1. The van der Waals surface area contributed by atoms with Gasteiger partial charge in [-0.2, -0.15) is 15.0 Å². The molecule has 0 radical (unpaired) electrons. The molecule has 2 aromatic carbocycles. The Morgan fingerprint density at radius 2 is 1.91 bits per heavy atom. The molecule has 0 unspecified atom stereocenters. The third kappa shape index (κ3) is 4.91. The molecule has 0 aliphatic carbocycles. The van der Waals surface area contributed by atoms with E-state index in [9.17, 15) is 18.3 Å². The zero-order chi connectivity index (χ0) is 23.5. The molecule has 174 valence electrons. The predicted octanol–water partition coefficient (Wildman–Crippen LogP) is 6.75. The van der Waals surface area contributed by atoms with E-state index in [4.69, 9.17) is 9.84 Å². The highest BCUT2D eigenvalue weighted by Crippen LogP contribution is 2.61. The quantitative estimate of drug-likeness (QED) is 0.229. The van der Waals surface area contributed by atoms with Crippen LogP contribution < -0.4 is 9.64 Å². The lowest BCUT2D eigenvalue weighted by atomic mass is 9.83. The van der Waals surface area contributed by atoms with Gasteiger partial charge in [-0.05, 0) is 37.3 Å². The third-order valence-corrected chi connectivity index (χ3v) is 8.76. The van der Waals surface area contributed by atoms with Crippen LogP contribution in [0.2, 0.25) is 0 Å². The smallest absolute Gasteiger partial charge is 0.368 e. The Kier molecular flexibility index (Phi) is 7.44. The van der Waals surface area contributed by atoms with Crippen LogP contribution in [-0.4, -0.2) is 38.7 Å². The van der Waals surface area contributed by atoms with Crippen LogP contribution in [0.5, 0.6) is 5.75 Å². The van der Waals surface area contributed by atoms with E-state index in [1.807, 2.05) is 36.6 Å². The zero-order valence-corrected chi connectivity index (χ0v) is 19.9. The highest BCUT2D eigenvalue weighted by atomic mass is 32.3. The fourth-order valence-corrected chi connectivity index (χ4v) is 6.75. The Labute approximate surface area is 193 Å². The number of anilines is 2. The number of ether oxygens (including phenoxy) is 1. The average molecular weight is 482 g/mol. The number of rotatable bonds is 7. The Balaban J connectivity index is 2.23. The Morgan fingerprint density at radius 3 is 2.47 bits per heavy atom. The van der Waals surface area contributed by atoms with Gasteiger partial charge in [0.25, 0.3) is 0 Å². The zero-order valence-electron chi connectivity index (χ0n) is 18.2. The monoisotopic (exact) mass is 481 g/mol. The van der Waals surface area contributed by atoms with Crippen LogP contribution in [0.1, 0.15) is 26.7 Å². The number of halogens is 1. The number of thioether (sulfide) groups is 1. The van der Waals surface area contributed by atoms with Crippen molar-refractivity contribution in [1.29, 1.82) is 0 Å². The van der Waals surface area contributed by atoms with Crippen LogP contribution in [-0.2, 0) is 4.79 Å². The average Bonchev–Trinajstić information content (AvgIpc) is 2.89. The summed E-state index contributed by atoms with van der Waals surface area (Å²) >= 11 is 1.34. The van der Waals surface area contributed by atoms with Gasteiger partial charge in [0.1, 0.15) is 12.0 Å². The minimum atomic E-state index is -3.22. The van der Waals surface area contributed by atoms with Crippen molar-refractivity contribution in [2.24, 2.45) is 5.41 Å². The van der Waals surface area contributed by atoms with Gasteiger partial charge in [-0.3, -0.25) is 9.11 Å². The minimum absolute atomic E-state index is 0.168. The second-order valence-electron chi connectivity index (χ2n) is 7.80. The van der Waals surface area contributed by atoms with E-state index >= 15 is 0 Å². The fourth-order valence-electron chi connectivity index (χ4n) is 3.91. The van der Waals surface area contributed by atoms with Gasteiger partial charge >= 0.3 is 5.97 Å². The van der Waals surface area contributed by atoms with Crippen LogP contribution >= 0.6 is 22.4 Å². The summed E-state index contributed by atoms with van der Waals surface area (Å²) in [5, 5.41) is 8.76. The molecule has 2 aromatic rings. The van der Waals surface area contributed by atoms with Gasteiger partial charge in [-0.25, -0.2) is 4.79 Å². The highest BCUT2D eigenvalue weighted by Gasteiger charge is 2.41. The summed E-state index contributed by atoms with van der Waals surface area (Å²) in [5.74, 6) is -2.82. The third-order valence-electron chi connectivity index (χ3n) is 5.95. The molecule has 0 spiro atoms. The van der Waals surface area contributed by atoms with Crippen molar-refractivity contribution in [1.82, 2.24) is 0 Å². The first-order chi connectivity index (χ1) is 15.2. The molecule has 1 heterocycles. The lowest BCUT2D eigenvalue weighted by molar-refractivity contribution is -0.134. The number of benzene rings is 2. The predicted molar refractivity (Wildman–Crippen MR) is 128 cm³/mol. The Hall–Kier alpha value is -2.20. The first kappa shape index (κ1) is 24.4. The molecule has 6 nitrogen and oxygen atoms in total. The molecule has 32 heavy (non-hydrogen) atoms. The Morgan fingerprint density at radius 1 is 1.25 bits per heavy atom. The molecule has 1 aliphatic rings. The van der Waals surface area contributed by atoms with Crippen LogP contribution in [0.25, 0.3) is 0 Å². The molecule has 0 fully saturated rings. The van der Waals surface area contributed by atoms with Gasteiger partial charge in [-0.15, -0.1) is 11.8 Å². The number of hydrogen-bond acceptors (Lipinski definition) is 6. The Bertz CT molecular complexity index is 1010. The molecule has 0 saturated heterocycles. The van der Waals surface area contributed by atoms with Crippen LogP contribution in [0, 0.1) is 5.41 Å². The highest BCUT2D eigenvalue weighted by molar-refractivity contribution is 8.24. The van der Waals surface area contributed by atoms with Crippen molar-refractivity contribution in [2.45, 2.75) is 36.5 Å². The van der Waals surface area contributed by atoms with E-state index in [-0.39, 0.29) is 16.9 Å². The van der Waals surface area contributed by atoms with E-state index in [1.54, 1.807) is 6.07 Å². The van der Waals surface area contributed by atoms with Crippen LogP contribution in [0.15, 0.2) is 64.3 Å². The number of aliphatic carboxylic acids is 1. The number of carboxylic acid groups (broad SMARTS) is 1. The van der Waals surface area contributed by atoms with Crippen molar-refractivity contribution in [3.63, 3.8) is 0 Å². The maximum Gasteiger partial charge on any atom is 0.368 e. The number of fused-ring (bicyclic) bond motifs is 1. The molecule has 0 amide bonds. The number of hydrogen-bond donors (Lipinski definition) is 3.